The van der Waals surface area contributed by atoms with Gasteiger partial charge in [0.2, 0.25) is 0 Å². The molecule has 0 saturated heterocycles. The number of rotatable bonds is 4. The zero-order valence-electron chi connectivity index (χ0n) is 9.39. The molecule has 0 aromatic heterocycles. The molecule has 0 aliphatic rings. The molecule has 2 aromatic rings. The number of hydrogen-bond acceptors (Lipinski definition) is 3. The van der Waals surface area contributed by atoms with E-state index in [1.807, 2.05) is 24.3 Å². The summed E-state index contributed by atoms with van der Waals surface area (Å²) in [6.45, 7) is -0.0724. The summed E-state index contributed by atoms with van der Waals surface area (Å²) in [6.07, 6.45) is 1.33. The third-order valence-corrected chi connectivity index (χ3v) is 2.97. The number of aldehydes is 1. The largest absolute Gasteiger partial charge is 0.396 e. The first-order valence-corrected chi connectivity index (χ1v) is 5.52. The van der Waals surface area contributed by atoms with Crippen molar-refractivity contribution < 1.29 is 15.0 Å². The zero-order chi connectivity index (χ0) is 12.3. The van der Waals surface area contributed by atoms with Crippen LogP contribution in [0.15, 0.2) is 30.3 Å². The van der Waals surface area contributed by atoms with Crippen LogP contribution in [-0.2, 0) is 13.0 Å². The van der Waals surface area contributed by atoms with Gasteiger partial charge in [0, 0.05) is 12.2 Å². The molecule has 2 N–H and O–H groups in total. The van der Waals surface area contributed by atoms with Gasteiger partial charge in [-0.05, 0) is 28.3 Å². The van der Waals surface area contributed by atoms with Crippen LogP contribution in [0.4, 0.5) is 0 Å². The Kier molecular flexibility index (Phi) is 3.52. The second-order valence-corrected chi connectivity index (χ2v) is 3.90. The average Bonchev–Trinajstić information content (AvgIpc) is 2.38. The summed E-state index contributed by atoms with van der Waals surface area (Å²) >= 11 is 0. The summed E-state index contributed by atoms with van der Waals surface area (Å²) in [7, 11) is 0. The van der Waals surface area contributed by atoms with Gasteiger partial charge in [-0.15, -0.1) is 0 Å². The lowest BCUT2D eigenvalue weighted by molar-refractivity contribution is 0.112. The topological polar surface area (TPSA) is 57.5 Å². The van der Waals surface area contributed by atoms with Crippen LogP contribution >= 0.6 is 0 Å². The Morgan fingerprint density at radius 1 is 1.06 bits per heavy atom. The SMILES string of the molecule is O=Cc1ccc2c(CCO)cccc2c1CO. The van der Waals surface area contributed by atoms with Gasteiger partial charge in [-0.2, -0.15) is 0 Å². The van der Waals surface area contributed by atoms with Crippen molar-refractivity contribution in [3.05, 3.63) is 47.0 Å². The van der Waals surface area contributed by atoms with Crippen LogP contribution < -0.4 is 0 Å². The Balaban J connectivity index is 2.73. The maximum atomic E-state index is 10.9. The van der Waals surface area contributed by atoms with Gasteiger partial charge in [-0.1, -0.05) is 30.3 Å². The van der Waals surface area contributed by atoms with Crippen molar-refractivity contribution in [2.24, 2.45) is 0 Å². The van der Waals surface area contributed by atoms with Crippen molar-refractivity contribution in [1.82, 2.24) is 0 Å². The highest BCUT2D eigenvalue weighted by atomic mass is 16.3. The number of benzene rings is 2. The number of carbonyl (C=O) groups is 1. The first-order valence-electron chi connectivity index (χ1n) is 5.52. The standard InChI is InChI=1S/C14H14O3/c15-7-6-10-2-1-3-13-12(10)5-4-11(8-16)14(13)9-17/h1-5,8,15,17H,6-7,9H2. The summed E-state index contributed by atoms with van der Waals surface area (Å²) in [5, 5.41) is 20.2. The highest BCUT2D eigenvalue weighted by Gasteiger charge is 2.08. The van der Waals surface area contributed by atoms with Gasteiger partial charge in [0.25, 0.3) is 0 Å². The maximum Gasteiger partial charge on any atom is 0.150 e. The molecule has 3 heteroatoms. The average molecular weight is 230 g/mol. The molecular formula is C14H14O3. The molecule has 0 heterocycles. The molecule has 0 atom stereocenters. The van der Waals surface area contributed by atoms with Gasteiger partial charge in [0.15, 0.2) is 0 Å². The van der Waals surface area contributed by atoms with Crippen LogP contribution in [0.1, 0.15) is 21.5 Å². The Morgan fingerprint density at radius 3 is 2.53 bits per heavy atom. The van der Waals surface area contributed by atoms with Crippen LogP contribution in [0.25, 0.3) is 10.8 Å². The summed E-state index contributed by atoms with van der Waals surface area (Å²) in [6, 6.07) is 9.28. The number of hydrogen-bond donors (Lipinski definition) is 2. The van der Waals surface area contributed by atoms with E-state index in [0.29, 0.717) is 17.5 Å². The van der Waals surface area contributed by atoms with Crippen molar-refractivity contribution >= 4 is 17.1 Å². The molecule has 3 nitrogen and oxygen atoms in total. The highest BCUT2D eigenvalue weighted by Crippen LogP contribution is 2.25. The van der Waals surface area contributed by atoms with E-state index in [4.69, 9.17) is 5.11 Å². The Bertz CT molecular complexity index is 546. The molecule has 0 bridgehead atoms. The number of carbonyl (C=O) groups excluding carboxylic acids is 1. The van der Waals surface area contributed by atoms with Crippen LogP contribution in [0, 0.1) is 0 Å². The fourth-order valence-electron chi connectivity index (χ4n) is 2.13. The minimum atomic E-state index is -0.159. The Hall–Kier alpha value is -1.71. The van der Waals surface area contributed by atoms with Crippen molar-refractivity contribution in [3.8, 4) is 0 Å². The van der Waals surface area contributed by atoms with E-state index in [0.717, 1.165) is 22.6 Å². The molecule has 0 radical (unpaired) electrons. The third kappa shape index (κ3) is 2.07. The van der Waals surface area contributed by atoms with E-state index in [9.17, 15) is 9.90 Å². The van der Waals surface area contributed by atoms with Gasteiger partial charge >= 0.3 is 0 Å². The molecule has 0 amide bonds. The molecule has 2 rings (SSSR count). The van der Waals surface area contributed by atoms with Crippen molar-refractivity contribution in [1.29, 1.82) is 0 Å². The fourth-order valence-corrected chi connectivity index (χ4v) is 2.13. The van der Waals surface area contributed by atoms with E-state index < -0.39 is 0 Å². The fraction of sp³-hybridized carbons (Fsp3) is 0.214. The van der Waals surface area contributed by atoms with Gasteiger partial charge in [-0.25, -0.2) is 0 Å². The van der Waals surface area contributed by atoms with Crippen molar-refractivity contribution in [2.75, 3.05) is 6.61 Å². The molecule has 0 unspecified atom stereocenters. The van der Waals surface area contributed by atoms with Crippen LogP contribution in [0.2, 0.25) is 0 Å². The summed E-state index contributed by atoms with van der Waals surface area (Å²) < 4.78 is 0. The lowest BCUT2D eigenvalue weighted by Crippen LogP contribution is -1.97. The predicted octanol–water partition coefficient (Wildman–Crippen LogP) is 1.68. The molecule has 0 aliphatic carbocycles. The zero-order valence-corrected chi connectivity index (χ0v) is 9.39. The number of aliphatic hydroxyl groups is 2. The molecule has 0 spiro atoms. The molecular weight excluding hydrogens is 216 g/mol. The first kappa shape index (κ1) is 11.8. The summed E-state index contributed by atoms with van der Waals surface area (Å²) in [5.41, 5.74) is 2.19. The lowest BCUT2D eigenvalue weighted by Gasteiger charge is -2.10. The minimum absolute atomic E-state index is 0.0863. The number of fused-ring (bicyclic) bond motifs is 1. The van der Waals surface area contributed by atoms with E-state index in [-0.39, 0.29) is 13.2 Å². The minimum Gasteiger partial charge on any atom is -0.396 e. The molecule has 88 valence electrons. The quantitative estimate of drug-likeness (QED) is 0.786. The molecule has 0 saturated carbocycles. The van der Waals surface area contributed by atoms with Gasteiger partial charge in [-0.3, -0.25) is 4.79 Å². The molecule has 0 aliphatic heterocycles. The van der Waals surface area contributed by atoms with Crippen LogP contribution in [0.3, 0.4) is 0 Å². The van der Waals surface area contributed by atoms with Gasteiger partial charge in [0.05, 0.1) is 6.61 Å². The smallest absolute Gasteiger partial charge is 0.150 e. The van der Waals surface area contributed by atoms with Crippen LogP contribution in [-0.4, -0.2) is 23.1 Å². The molecule has 17 heavy (non-hydrogen) atoms. The van der Waals surface area contributed by atoms with E-state index in [2.05, 4.69) is 0 Å². The normalized spacial score (nSPS) is 10.7. The second kappa shape index (κ2) is 5.08. The molecule has 2 aromatic carbocycles. The van der Waals surface area contributed by atoms with E-state index >= 15 is 0 Å². The van der Waals surface area contributed by atoms with E-state index in [1.54, 1.807) is 6.07 Å². The monoisotopic (exact) mass is 230 g/mol. The third-order valence-electron chi connectivity index (χ3n) is 2.97. The second-order valence-electron chi connectivity index (χ2n) is 3.90. The first-order chi connectivity index (χ1) is 8.31. The predicted molar refractivity (Wildman–Crippen MR) is 66.0 cm³/mol. The molecule has 0 fully saturated rings. The lowest BCUT2D eigenvalue weighted by atomic mass is 9.95. The highest BCUT2D eigenvalue weighted by molar-refractivity contribution is 5.94. The van der Waals surface area contributed by atoms with Crippen molar-refractivity contribution in [2.45, 2.75) is 13.0 Å². The van der Waals surface area contributed by atoms with E-state index in [1.165, 1.54) is 0 Å². The van der Waals surface area contributed by atoms with Crippen molar-refractivity contribution in [3.63, 3.8) is 0 Å². The summed E-state index contributed by atoms with van der Waals surface area (Å²) in [5.74, 6) is 0. The number of aliphatic hydroxyl groups excluding tert-OH is 2. The Labute approximate surface area is 99.3 Å². The maximum absolute atomic E-state index is 10.9. The van der Waals surface area contributed by atoms with Gasteiger partial charge in [0.1, 0.15) is 6.29 Å². The van der Waals surface area contributed by atoms with Crippen LogP contribution in [0.5, 0.6) is 0 Å². The summed E-state index contributed by atoms with van der Waals surface area (Å²) in [4.78, 5) is 10.9. The van der Waals surface area contributed by atoms with Gasteiger partial charge < -0.3 is 10.2 Å². The Morgan fingerprint density at radius 2 is 1.88 bits per heavy atom.